The number of carbonyl (C=O) groups excluding carboxylic acids is 1. The van der Waals surface area contributed by atoms with Crippen LogP contribution < -0.4 is 14.8 Å². The average molecular weight is 269 g/mol. The minimum absolute atomic E-state index is 0.0193. The number of carbonyl (C=O) groups is 1. The van der Waals surface area contributed by atoms with Gasteiger partial charge in [-0.15, -0.1) is 0 Å². The zero-order valence-corrected chi connectivity index (χ0v) is 10.9. The largest absolute Gasteiger partial charge is 0.497 e. The first-order chi connectivity index (χ1) is 9.26. The molecule has 19 heavy (non-hydrogen) atoms. The Morgan fingerprint density at radius 2 is 1.89 bits per heavy atom. The Labute approximate surface area is 112 Å². The molecule has 0 heterocycles. The van der Waals surface area contributed by atoms with E-state index in [0.717, 1.165) is 5.75 Å². The summed E-state index contributed by atoms with van der Waals surface area (Å²) in [5.74, 6) is 1.12. The van der Waals surface area contributed by atoms with E-state index in [0.29, 0.717) is 18.9 Å². The van der Waals surface area contributed by atoms with Gasteiger partial charge in [-0.05, 0) is 24.3 Å². The normalized spacial score (nSPS) is 10.0. The van der Waals surface area contributed by atoms with Gasteiger partial charge in [-0.2, -0.15) is 0 Å². The second-order valence-corrected chi connectivity index (χ2v) is 3.65. The second kappa shape index (κ2) is 9.18. The fourth-order valence-electron chi connectivity index (χ4n) is 1.30. The Kier molecular flexibility index (Phi) is 7.38. The smallest absolute Gasteiger partial charge is 0.258 e. The van der Waals surface area contributed by atoms with E-state index in [-0.39, 0.29) is 25.7 Å². The zero-order valence-electron chi connectivity index (χ0n) is 10.9. The van der Waals surface area contributed by atoms with Crippen molar-refractivity contribution in [2.75, 3.05) is 40.1 Å². The molecule has 0 fully saturated rings. The Balaban J connectivity index is 2.15. The van der Waals surface area contributed by atoms with Gasteiger partial charge in [0.1, 0.15) is 11.5 Å². The summed E-state index contributed by atoms with van der Waals surface area (Å²) in [6.45, 7) is 0.971. The molecule has 0 unspecified atom stereocenters. The van der Waals surface area contributed by atoms with E-state index >= 15 is 0 Å². The van der Waals surface area contributed by atoms with Gasteiger partial charge in [0.2, 0.25) is 0 Å². The molecule has 1 aromatic carbocycles. The Morgan fingerprint density at radius 3 is 2.53 bits per heavy atom. The molecule has 0 bridgehead atoms. The van der Waals surface area contributed by atoms with Crippen LogP contribution in [0.15, 0.2) is 24.3 Å². The van der Waals surface area contributed by atoms with E-state index in [9.17, 15) is 4.79 Å². The van der Waals surface area contributed by atoms with Crippen LogP contribution in [-0.2, 0) is 9.53 Å². The highest BCUT2D eigenvalue weighted by Gasteiger charge is 2.02. The third kappa shape index (κ3) is 6.64. The SMILES string of the molecule is COc1ccc(OCC(=O)NCCOCCO)cc1. The van der Waals surface area contributed by atoms with Crippen LogP contribution in [0.5, 0.6) is 11.5 Å². The maximum atomic E-state index is 11.4. The van der Waals surface area contributed by atoms with E-state index in [1.54, 1.807) is 31.4 Å². The van der Waals surface area contributed by atoms with Gasteiger partial charge in [0, 0.05) is 6.54 Å². The third-order valence-corrected chi connectivity index (χ3v) is 2.23. The predicted octanol–water partition coefficient (Wildman–Crippen LogP) is 0.199. The van der Waals surface area contributed by atoms with Crippen molar-refractivity contribution in [3.05, 3.63) is 24.3 Å². The van der Waals surface area contributed by atoms with Crippen molar-refractivity contribution >= 4 is 5.91 Å². The molecule has 0 spiro atoms. The maximum absolute atomic E-state index is 11.4. The molecule has 0 radical (unpaired) electrons. The minimum atomic E-state index is -0.219. The number of hydrogen-bond donors (Lipinski definition) is 2. The first-order valence-corrected chi connectivity index (χ1v) is 5.98. The summed E-state index contributed by atoms with van der Waals surface area (Å²) in [4.78, 5) is 11.4. The van der Waals surface area contributed by atoms with Gasteiger partial charge >= 0.3 is 0 Å². The second-order valence-electron chi connectivity index (χ2n) is 3.65. The number of ether oxygens (including phenoxy) is 3. The average Bonchev–Trinajstić information content (AvgIpc) is 2.45. The zero-order chi connectivity index (χ0) is 13.9. The number of rotatable bonds is 9. The standard InChI is InChI=1S/C13H19NO5/c1-17-11-2-4-12(5-3-11)19-10-13(16)14-6-8-18-9-7-15/h2-5,15H,6-10H2,1H3,(H,14,16). The molecule has 0 aromatic heterocycles. The first-order valence-electron chi connectivity index (χ1n) is 5.98. The summed E-state index contributed by atoms with van der Waals surface area (Å²) < 4.78 is 15.3. The number of amides is 1. The highest BCUT2D eigenvalue weighted by Crippen LogP contribution is 2.16. The summed E-state index contributed by atoms with van der Waals surface area (Å²) >= 11 is 0. The van der Waals surface area contributed by atoms with Crippen LogP contribution in [-0.4, -0.2) is 51.1 Å². The molecule has 0 aliphatic carbocycles. The molecule has 2 N–H and O–H groups in total. The van der Waals surface area contributed by atoms with Crippen molar-refractivity contribution in [1.82, 2.24) is 5.32 Å². The molecule has 0 aliphatic heterocycles. The summed E-state index contributed by atoms with van der Waals surface area (Å²) in [5, 5.41) is 11.1. The van der Waals surface area contributed by atoms with Crippen molar-refractivity contribution in [2.45, 2.75) is 0 Å². The van der Waals surface area contributed by atoms with Crippen LogP contribution in [0.1, 0.15) is 0 Å². The van der Waals surface area contributed by atoms with Gasteiger partial charge in [-0.25, -0.2) is 0 Å². The molecule has 0 aliphatic rings. The third-order valence-electron chi connectivity index (χ3n) is 2.23. The lowest BCUT2D eigenvalue weighted by atomic mass is 10.3. The van der Waals surface area contributed by atoms with Crippen molar-refractivity contribution < 1.29 is 24.1 Å². The number of nitrogens with one attached hydrogen (secondary N) is 1. The molecule has 1 amide bonds. The van der Waals surface area contributed by atoms with Crippen LogP contribution in [0, 0.1) is 0 Å². The summed E-state index contributed by atoms with van der Waals surface area (Å²) in [6.07, 6.45) is 0. The molecule has 1 rings (SSSR count). The lowest BCUT2D eigenvalue weighted by Crippen LogP contribution is -2.31. The van der Waals surface area contributed by atoms with Crippen LogP contribution >= 0.6 is 0 Å². The summed E-state index contributed by atoms with van der Waals surface area (Å²) in [6, 6.07) is 6.99. The van der Waals surface area contributed by atoms with Crippen LogP contribution in [0.2, 0.25) is 0 Å². The summed E-state index contributed by atoms with van der Waals surface area (Å²) in [5.41, 5.74) is 0. The molecule has 1 aromatic rings. The predicted molar refractivity (Wildman–Crippen MR) is 69.4 cm³/mol. The fourth-order valence-corrected chi connectivity index (χ4v) is 1.30. The maximum Gasteiger partial charge on any atom is 0.258 e. The van der Waals surface area contributed by atoms with Crippen LogP contribution in [0.3, 0.4) is 0 Å². The highest BCUT2D eigenvalue weighted by molar-refractivity contribution is 5.77. The molecular formula is C13H19NO5. The fraction of sp³-hybridized carbons (Fsp3) is 0.462. The molecular weight excluding hydrogens is 250 g/mol. The molecule has 6 nitrogen and oxygen atoms in total. The number of aliphatic hydroxyl groups excluding tert-OH is 1. The lowest BCUT2D eigenvalue weighted by molar-refractivity contribution is -0.123. The van der Waals surface area contributed by atoms with Crippen LogP contribution in [0.25, 0.3) is 0 Å². The van der Waals surface area contributed by atoms with E-state index in [1.165, 1.54) is 0 Å². The molecule has 0 saturated carbocycles. The number of benzene rings is 1. The molecule has 6 heteroatoms. The Hall–Kier alpha value is -1.79. The molecule has 0 atom stereocenters. The van der Waals surface area contributed by atoms with E-state index in [4.69, 9.17) is 19.3 Å². The minimum Gasteiger partial charge on any atom is -0.497 e. The lowest BCUT2D eigenvalue weighted by Gasteiger charge is -2.08. The Morgan fingerprint density at radius 1 is 1.21 bits per heavy atom. The molecule has 0 saturated heterocycles. The number of aliphatic hydroxyl groups is 1. The van der Waals surface area contributed by atoms with E-state index < -0.39 is 0 Å². The topological polar surface area (TPSA) is 77.0 Å². The quantitative estimate of drug-likeness (QED) is 0.626. The first kappa shape index (κ1) is 15.3. The number of hydrogen-bond acceptors (Lipinski definition) is 5. The van der Waals surface area contributed by atoms with Crippen molar-refractivity contribution in [3.8, 4) is 11.5 Å². The van der Waals surface area contributed by atoms with Gasteiger partial charge in [-0.3, -0.25) is 4.79 Å². The highest BCUT2D eigenvalue weighted by atomic mass is 16.5. The van der Waals surface area contributed by atoms with Crippen molar-refractivity contribution in [3.63, 3.8) is 0 Å². The van der Waals surface area contributed by atoms with Gasteiger partial charge in [0.25, 0.3) is 5.91 Å². The van der Waals surface area contributed by atoms with Gasteiger partial charge in [0.05, 0.1) is 26.9 Å². The van der Waals surface area contributed by atoms with Crippen molar-refractivity contribution in [2.24, 2.45) is 0 Å². The van der Waals surface area contributed by atoms with Crippen molar-refractivity contribution in [1.29, 1.82) is 0 Å². The monoisotopic (exact) mass is 269 g/mol. The number of methoxy groups -OCH3 is 1. The Bertz CT molecular complexity index is 366. The van der Waals surface area contributed by atoms with Gasteiger partial charge < -0.3 is 24.6 Å². The van der Waals surface area contributed by atoms with Crippen LogP contribution in [0.4, 0.5) is 0 Å². The van der Waals surface area contributed by atoms with Gasteiger partial charge in [-0.1, -0.05) is 0 Å². The van der Waals surface area contributed by atoms with E-state index in [2.05, 4.69) is 5.32 Å². The van der Waals surface area contributed by atoms with E-state index in [1.807, 2.05) is 0 Å². The van der Waals surface area contributed by atoms with Gasteiger partial charge in [0.15, 0.2) is 6.61 Å². The summed E-state index contributed by atoms with van der Waals surface area (Å²) in [7, 11) is 1.59. The molecule has 106 valence electrons.